The van der Waals surface area contributed by atoms with Gasteiger partial charge in [-0.1, -0.05) is 24.3 Å². The zero-order chi connectivity index (χ0) is 17.4. The molecule has 5 heteroatoms. The fraction of sp³-hybridized carbons (Fsp3) is 0.211. The highest BCUT2D eigenvalue weighted by molar-refractivity contribution is 5.87. The van der Waals surface area contributed by atoms with Gasteiger partial charge in [0.25, 0.3) is 0 Å². The van der Waals surface area contributed by atoms with Crippen molar-refractivity contribution in [3.8, 4) is 17.2 Å². The summed E-state index contributed by atoms with van der Waals surface area (Å²) >= 11 is 0. The van der Waals surface area contributed by atoms with E-state index in [1.54, 1.807) is 39.5 Å². The summed E-state index contributed by atoms with van der Waals surface area (Å²) in [4.78, 5) is 11.9. The molecule has 0 radical (unpaired) electrons. The van der Waals surface area contributed by atoms with Crippen molar-refractivity contribution in [3.63, 3.8) is 0 Å². The molecule has 24 heavy (non-hydrogen) atoms. The quantitative estimate of drug-likeness (QED) is 0.575. The molecule has 0 N–H and O–H groups in total. The highest BCUT2D eigenvalue weighted by Gasteiger charge is 2.05. The molecule has 0 aliphatic heterocycles. The molecule has 126 valence electrons. The minimum Gasteiger partial charge on any atom is -0.496 e. The van der Waals surface area contributed by atoms with E-state index in [1.165, 1.54) is 6.08 Å². The van der Waals surface area contributed by atoms with E-state index in [1.807, 2.05) is 30.3 Å². The van der Waals surface area contributed by atoms with Crippen LogP contribution in [-0.4, -0.2) is 27.3 Å². The van der Waals surface area contributed by atoms with Gasteiger partial charge >= 0.3 is 5.97 Å². The van der Waals surface area contributed by atoms with Crippen LogP contribution in [0.3, 0.4) is 0 Å². The number of ether oxygens (including phenoxy) is 4. The molecule has 0 aromatic heterocycles. The van der Waals surface area contributed by atoms with Crippen LogP contribution in [0.4, 0.5) is 0 Å². The summed E-state index contributed by atoms with van der Waals surface area (Å²) < 4.78 is 20.9. The molecule has 0 aliphatic carbocycles. The Morgan fingerprint density at radius 1 is 0.917 bits per heavy atom. The van der Waals surface area contributed by atoms with Gasteiger partial charge in [-0.2, -0.15) is 0 Å². The predicted octanol–water partition coefficient (Wildman–Crippen LogP) is 3.47. The van der Waals surface area contributed by atoms with E-state index in [4.69, 9.17) is 18.9 Å². The van der Waals surface area contributed by atoms with E-state index in [0.29, 0.717) is 17.2 Å². The topological polar surface area (TPSA) is 54.0 Å². The molecular formula is C19H20O5. The zero-order valence-electron chi connectivity index (χ0n) is 13.9. The van der Waals surface area contributed by atoms with Crippen LogP contribution in [0.1, 0.15) is 11.1 Å². The van der Waals surface area contributed by atoms with Crippen molar-refractivity contribution in [1.82, 2.24) is 0 Å². The number of hydrogen-bond donors (Lipinski definition) is 0. The van der Waals surface area contributed by atoms with Gasteiger partial charge in [0.1, 0.15) is 12.4 Å². The number of methoxy groups -OCH3 is 3. The van der Waals surface area contributed by atoms with Gasteiger partial charge in [-0.15, -0.1) is 0 Å². The van der Waals surface area contributed by atoms with Crippen molar-refractivity contribution in [1.29, 1.82) is 0 Å². The molecule has 5 nitrogen and oxygen atoms in total. The maximum atomic E-state index is 11.9. The van der Waals surface area contributed by atoms with Crippen LogP contribution in [0.5, 0.6) is 17.2 Å². The van der Waals surface area contributed by atoms with Crippen LogP contribution in [0, 0.1) is 0 Å². The van der Waals surface area contributed by atoms with Gasteiger partial charge in [-0.05, 0) is 29.8 Å². The molecule has 2 aromatic rings. The molecule has 0 heterocycles. The Hall–Kier alpha value is -2.95. The first-order valence-electron chi connectivity index (χ1n) is 7.36. The molecule has 0 aliphatic rings. The Balaban J connectivity index is 1.98. The van der Waals surface area contributed by atoms with E-state index in [0.717, 1.165) is 11.1 Å². The molecule has 0 spiro atoms. The smallest absolute Gasteiger partial charge is 0.331 e. The van der Waals surface area contributed by atoms with Crippen molar-refractivity contribution >= 4 is 12.0 Å². The first-order chi connectivity index (χ1) is 11.7. The molecule has 2 rings (SSSR count). The lowest BCUT2D eigenvalue weighted by molar-refractivity contribution is -0.138. The molecule has 0 saturated carbocycles. The minimum atomic E-state index is -0.435. The Labute approximate surface area is 141 Å². The second kappa shape index (κ2) is 8.62. The number of benzene rings is 2. The van der Waals surface area contributed by atoms with Crippen molar-refractivity contribution < 1.29 is 23.7 Å². The Morgan fingerprint density at radius 2 is 1.62 bits per heavy atom. The van der Waals surface area contributed by atoms with Crippen LogP contribution in [0.15, 0.2) is 48.5 Å². The summed E-state index contributed by atoms with van der Waals surface area (Å²) in [6.45, 7) is 0.152. The maximum absolute atomic E-state index is 11.9. The third kappa shape index (κ3) is 4.52. The molecule has 0 amide bonds. The number of hydrogen-bond acceptors (Lipinski definition) is 5. The molecule has 0 fully saturated rings. The molecule has 0 saturated heterocycles. The summed E-state index contributed by atoms with van der Waals surface area (Å²) in [5, 5.41) is 0. The fourth-order valence-corrected chi connectivity index (χ4v) is 2.14. The van der Waals surface area contributed by atoms with E-state index in [9.17, 15) is 4.79 Å². The SMILES string of the molecule is COc1ccccc1COC(=O)/C=C/c1ccc(OC)c(OC)c1. The second-order valence-corrected chi connectivity index (χ2v) is 4.87. The highest BCUT2D eigenvalue weighted by atomic mass is 16.5. The van der Waals surface area contributed by atoms with Gasteiger partial charge in [0, 0.05) is 11.6 Å². The van der Waals surface area contributed by atoms with Crippen LogP contribution >= 0.6 is 0 Å². The van der Waals surface area contributed by atoms with Crippen molar-refractivity contribution in [2.24, 2.45) is 0 Å². The number of esters is 1. The minimum absolute atomic E-state index is 0.152. The van der Waals surface area contributed by atoms with Crippen molar-refractivity contribution in [2.75, 3.05) is 21.3 Å². The average Bonchev–Trinajstić information content (AvgIpc) is 2.64. The molecule has 0 atom stereocenters. The zero-order valence-corrected chi connectivity index (χ0v) is 13.9. The summed E-state index contributed by atoms with van der Waals surface area (Å²) in [5.41, 5.74) is 1.62. The summed E-state index contributed by atoms with van der Waals surface area (Å²) in [6.07, 6.45) is 3.03. The van der Waals surface area contributed by atoms with Gasteiger partial charge in [0.05, 0.1) is 21.3 Å². The number of carbonyl (C=O) groups excluding carboxylic acids is 1. The molecular weight excluding hydrogens is 308 g/mol. The van der Waals surface area contributed by atoms with E-state index in [2.05, 4.69) is 0 Å². The third-order valence-electron chi connectivity index (χ3n) is 3.38. The Bertz CT molecular complexity index is 721. The predicted molar refractivity (Wildman–Crippen MR) is 91.4 cm³/mol. The van der Waals surface area contributed by atoms with Crippen molar-refractivity contribution in [2.45, 2.75) is 6.61 Å². The summed E-state index contributed by atoms with van der Waals surface area (Å²) in [6, 6.07) is 12.8. The molecule has 0 bridgehead atoms. The standard InChI is InChI=1S/C19H20O5/c1-21-16-7-5-4-6-15(16)13-24-19(20)11-9-14-8-10-17(22-2)18(12-14)23-3/h4-12H,13H2,1-3H3/b11-9+. The third-order valence-corrected chi connectivity index (χ3v) is 3.38. The van der Waals surface area contributed by atoms with Crippen molar-refractivity contribution in [3.05, 3.63) is 59.7 Å². The van der Waals surface area contributed by atoms with Gasteiger partial charge < -0.3 is 18.9 Å². The fourth-order valence-electron chi connectivity index (χ4n) is 2.14. The Kier molecular flexibility index (Phi) is 6.25. The van der Waals surface area contributed by atoms with Gasteiger partial charge in [0.15, 0.2) is 11.5 Å². The summed E-state index contributed by atoms with van der Waals surface area (Å²) in [7, 11) is 4.72. The molecule has 2 aromatic carbocycles. The lowest BCUT2D eigenvalue weighted by Crippen LogP contribution is -2.02. The molecule has 0 unspecified atom stereocenters. The van der Waals surface area contributed by atoms with Gasteiger partial charge in [-0.25, -0.2) is 4.79 Å². The van der Waals surface area contributed by atoms with Crippen LogP contribution in [0.2, 0.25) is 0 Å². The van der Waals surface area contributed by atoms with E-state index >= 15 is 0 Å². The maximum Gasteiger partial charge on any atom is 0.331 e. The Morgan fingerprint density at radius 3 is 2.33 bits per heavy atom. The largest absolute Gasteiger partial charge is 0.496 e. The van der Waals surface area contributed by atoms with Gasteiger partial charge in [-0.3, -0.25) is 0 Å². The van der Waals surface area contributed by atoms with Crippen LogP contribution < -0.4 is 14.2 Å². The number of para-hydroxylation sites is 1. The highest BCUT2D eigenvalue weighted by Crippen LogP contribution is 2.28. The van der Waals surface area contributed by atoms with Crippen LogP contribution in [-0.2, 0) is 16.1 Å². The lowest BCUT2D eigenvalue weighted by Gasteiger charge is -2.08. The number of carbonyl (C=O) groups is 1. The van der Waals surface area contributed by atoms with E-state index in [-0.39, 0.29) is 6.61 Å². The van der Waals surface area contributed by atoms with Gasteiger partial charge in [0.2, 0.25) is 0 Å². The normalized spacial score (nSPS) is 10.5. The first kappa shape index (κ1) is 17.4. The second-order valence-electron chi connectivity index (χ2n) is 4.87. The summed E-state index contributed by atoms with van der Waals surface area (Å²) in [5.74, 6) is 1.49. The first-order valence-corrected chi connectivity index (χ1v) is 7.36. The monoisotopic (exact) mass is 328 g/mol. The van der Waals surface area contributed by atoms with E-state index < -0.39 is 5.97 Å². The van der Waals surface area contributed by atoms with Crippen LogP contribution in [0.25, 0.3) is 6.08 Å². The average molecular weight is 328 g/mol. The lowest BCUT2D eigenvalue weighted by atomic mass is 10.2. The number of rotatable bonds is 7.